The second-order valence-corrected chi connectivity index (χ2v) is 4.52. The molecule has 0 saturated heterocycles. The molecule has 0 bridgehead atoms. The van der Waals surface area contributed by atoms with Gasteiger partial charge in [-0.1, -0.05) is 0 Å². The maximum absolute atomic E-state index is 5.52. The zero-order valence-electron chi connectivity index (χ0n) is 9.36. The lowest BCUT2D eigenvalue weighted by molar-refractivity contribution is 0.493. The SMILES string of the molecule is CNCCCc1nnc(-c2csc(C)n2)o1. The van der Waals surface area contributed by atoms with E-state index in [4.69, 9.17) is 4.42 Å². The average molecular weight is 238 g/mol. The molecule has 0 atom stereocenters. The normalized spacial score (nSPS) is 10.9. The molecule has 86 valence electrons. The van der Waals surface area contributed by atoms with Crippen molar-refractivity contribution in [2.24, 2.45) is 0 Å². The van der Waals surface area contributed by atoms with Crippen molar-refractivity contribution in [3.05, 3.63) is 16.3 Å². The predicted molar refractivity (Wildman–Crippen MR) is 62.4 cm³/mol. The summed E-state index contributed by atoms with van der Waals surface area (Å²) in [5.74, 6) is 1.19. The Kier molecular flexibility index (Phi) is 3.63. The van der Waals surface area contributed by atoms with E-state index in [0.717, 1.165) is 30.1 Å². The second kappa shape index (κ2) is 5.18. The van der Waals surface area contributed by atoms with Crippen LogP contribution in [0.2, 0.25) is 0 Å². The molecule has 0 saturated carbocycles. The van der Waals surface area contributed by atoms with E-state index < -0.39 is 0 Å². The van der Waals surface area contributed by atoms with Crippen LogP contribution in [0.5, 0.6) is 0 Å². The Hall–Kier alpha value is -1.27. The minimum Gasteiger partial charge on any atom is -0.419 e. The molecule has 0 fully saturated rings. The zero-order valence-corrected chi connectivity index (χ0v) is 10.2. The van der Waals surface area contributed by atoms with Crippen molar-refractivity contribution >= 4 is 11.3 Å². The summed E-state index contributed by atoms with van der Waals surface area (Å²) in [5.41, 5.74) is 0.773. The monoisotopic (exact) mass is 238 g/mol. The number of rotatable bonds is 5. The molecule has 0 aliphatic rings. The van der Waals surface area contributed by atoms with E-state index in [1.165, 1.54) is 0 Å². The standard InChI is InChI=1S/C10H14N4OS/c1-7-12-8(6-16-7)10-14-13-9(15-10)4-3-5-11-2/h6,11H,3-5H2,1-2H3. The van der Waals surface area contributed by atoms with Crippen molar-refractivity contribution in [2.45, 2.75) is 19.8 Å². The van der Waals surface area contributed by atoms with Gasteiger partial charge in [-0.25, -0.2) is 4.98 Å². The van der Waals surface area contributed by atoms with Crippen molar-refractivity contribution in [2.75, 3.05) is 13.6 Å². The van der Waals surface area contributed by atoms with Gasteiger partial charge < -0.3 is 9.73 Å². The molecule has 0 radical (unpaired) electrons. The Morgan fingerprint density at radius 2 is 2.31 bits per heavy atom. The molecular weight excluding hydrogens is 224 g/mol. The molecular formula is C10H14N4OS. The topological polar surface area (TPSA) is 63.8 Å². The fourth-order valence-electron chi connectivity index (χ4n) is 1.34. The Morgan fingerprint density at radius 3 is 3.00 bits per heavy atom. The molecule has 0 unspecified atom stereocenters. The van der Waals surface area contributed by atoms with Gasteiger partial charge in [-0.2, -0.15) is 0 Å². The van der Waals surface area contributed by atoms with Crippen LogP contribution >= 0.6 is 11.3 Å². The third kappa shape index (κ3) is 2.65. The number of aryl methyl sites for hydroxylation is 2. The van der Waals surface area contributed by atoms with Crippen LogP contribution in [0.3, 0.4) is 0 Å². The summed E-state index contributed by atoms with van der Waals surface area (Å²) in [7, 11) is 1.93. The van der Waals surface area contributed by atoms with Crippen LogP contribution in [0.1, 0.15) is 17.3 Å². The Labute approximate surface area is 97.9 Å². The summed E-state index contributed by atoms with van der Waals surface area (Å²) in [6.45, 7) is 2.91. The number of nitrogens with zero attached hydrogens (tertiary/aromatic N) is 3. The molecule has 0 aliphatic carbocycles. The molecule has 2 rings (SSSR count). The summed E-state index contributed by atoms with van der Waals surface area (Å²) in [4.78, 5) is 4.30. The minimum absolute atomic E-state index is 0.517. The highest BCUT2D eigenvalue weighted by Gasteiger charge is 2.10. The first-order valence-corrected chi connectivity index (χ1v) is 6.07. The third-order valence-corrected chi connectivity index (χ3v) is 2.90. The van der Waals surface area contributed by atoms with E-state index in [0.29, 0.717) is 11.8 Å². The summed E-state index contributed by atoms with van der Waals surface area (Å²) >= 11 is 1.58. The first kappa shape index (κ1) is 11.2. The molecule has 1 N–H and O–H groups in total. The highest BCUT2D eigenvalue weighted by molar-refractivity contribution is 7.09. The van der Waals surface area contributed by atoms with Crippen molar-refractivity contribution < 1.29 is 4.42 Å². The molecule has 2 aromatic heterocycles. The summed E-state index contributed by atoms with van der Waals surface area (Å²) < 4.78 is 5.52. The number of thiazole rings is 1. The Morgan fingerprint density at radius 1 is 1.44 bits per heavy atom. The fraction of sp³-hybridized carbons (Fsp3) is 0.500. The molecule has 0 aromatic carbocycles. The quantitative estimate of drug-likeness (QED) is 0.802. The number of aromatic nitrogens is 3. The first-order chi connectivity index (χ1) is 7.79. The Balaban J connectivity index is 2.02. The van der Waals surface area contributed by atoms with Crippen LogP contribution in [0.4, 0.5) is 0 Å². The fourth-order valence-corrected chi connectivity index (χ4v) is 1.92. The van der Waals surface area contributed by atoms with E-state index in [-0.39, 0.29) is 0 Å². The van der Waals surface area contributed by atoms with E-state index in [2.05, 4.69) is 20.5 Å². The Bertz CT molecular complexity index is 451. The average Bonchev–Trinajstić information content (AvgIpc) is 2.87. The molecule has 16 heavy (non-hydrogen) atoms. The third-order valence-electron chi connectivity index (χ3n) is 2.12. The van der Waals surface area contributed by atoms with Crippen LogP contribution in [-0.2, 0) is 6.42 Å². The van der Waals surface area contributed by atoms with E-state index in [1.54, 1.807) is 11.3 Å². The van der Waals surface area contributed by atoms with E-state index in [1.807, 2.05) is 19.4 Å². The van der Waals surface area contributed by atoms with Gasteiger partial charge in [-0.3, -0.25) is 0 Å². The van der Waals surface area contributed by atoms with Gasteiger partial charge in [0.05, 0.1) is 5.01 Å². The minimum atomic E-state index is 0.517. The van der Waals surface area contributed by atoms with Gasteiger partial charge in [0.15, 0.2) is 0 Å². The van der Waals surface area contributed by atoms with Gasteiger partial charge >= 0.3 is 0 Å². The van der Waals surface area contributed by atoms with Crippen molar-refractivity contribution in [3.63, 3.8) is 0 Å². The number of nitrogens with one attached hydrogen (secondary N) is 1. The summed E-state index contributed by atoms with van der Waals surface area (Å²) in [5, 5.41) is 14.0. The second-order valence-electron chi connectivity index (χ2n) is 3.46. The molecule has 5 nitrogen and oxygen atoms in total. The maximum Gasteiger partial charge on any atom is 0.267 e. The van der Waals surface area contributed by atoms with Gasteiger partial charge in [0.2, 0.25) is 5.89 Å². The lowest BCUT2D eigenvalue weighted by atomic mass is 10.3. The van der Waals surface area contributed by atoms with Crippen LogP contribution in [0, 0.1) is 6.92 Å². The molecule has 0 amide bonds. The van der Waals surface area contributed by atoms with Crippen LogP contribution in [0.15, 0.2) is 9.80 Å². The molecule has 2 aromatic rings. The first-order valence-electron chi connectivity index (χ1n) is 5.19. The van der Waals surface area contributed by atoms with E-state index in [9.17, 15) is 0 Å². The highest BCUT2D eigenvalue weighted by Crippen LogP contribution is 2.20. The largest absolute Gasteiger partial charge is 0.419 e. The predicted octanol–water partition coefficient (Wildman–Crippen LogP) is 1.65. The summed E-state index contributed by atoms with van der Waals surface area (Å²) in [6, 6.07) is 0. The number of hydrogen-bond donors (Lipinski definition) is 1. The van der Waals surface area contributed by atoms with Crippen molar-refractivity contribution in [1.29, 1.82) is 0 Å². The highest BCUT2D eigenvalue weighted by atomic mass is 32.1. The van der Waals surface area contributed by atoms with Gasteiger partial charge in [-0.15, -0.1) is 21.5 Å². The lowest BCUT2D eigenvalue weighted by Gasteiger charge is -1.93. The van der Waals surface area contributed by atoms with Gasteiger partial charge in [0, 0.05) is 11.8 Å². The zero-order chi connectivity index (χ0) is 11.4. The molecule has 0 spiro atoms. The van der Waals surface area contributed by atoms with Gasteiger partial charge in [0.1, 0.15) is 5.69 Å². The summed E-state index contributed by atoms with van der Waals surface area (Å²) in [6.07, 6.45) is 1.80. The van der Waals surface area contributed by atoms with Crippen LogP contribution < -0.4 is 5.32 Å². The van der Waals surface area contributed by atoms with Crippen LogP contribution in [-0.4, -0.2) is 28.8 Å². The van der Waals surface area contributed by atoms with Crippen LogP contribution in [0.25, 0.3) is 11.6 Å². The van der Waals surface area contributed by atoms with Crippen molar-refractivity contribution in [1.82, 2.24) is 20.5 Å². The maximum atomic E-state index is 5.52. The lowest BCUT2D eigenvalue weighted by Crippen LogP contribution is -2.08. The van der Waals surface area contributed by atoms with Crippen molar-refractivity contribution in [3.8, 4) is 11.6 Å². The molecule has 6 heteroatoms. The number of hydrogen-bond acceptors (Lipinski definition) is 6. The van der Waals surface area contributed by atoms with Gasteiger partial charge in [0.25, 0.3) is 5.89 Å². The van der Waals surface area contributed by atoms with E-state index >= 15 is 0 Å². The van der Waals surface area contributed by atoms with Gasteiger partial charge in [-0.05, 0) is 26.9 Å². The molecule has 2 heterocycles. The molecule has 0 aliphatic heterocycles. The smallest absolute Gasteiger partial charge is 0.267 e.